The van der Waals surface area contributed by atoms with Crippen molar-refractivity contribution in [3.63, 3.8) is 0 Å². The number of anilines is 1. The summed E-state index contributed by atoms with van der Waals surface area (Å²) < 4.78 is 5.34. The van der Waals surface area contributed by atoms with E-state index in [4.69, 9.17) is 16.3 Å². The second kappa shape index (κ2) is 4.51. The molecule has 0 radical (unpaired) electrons. The lowest BCUT2D eigenvalue weighted by molar-refractivity contribution is 0.122. The average molecular weight is 249 g/mol. The summed E-state index contributed by atoms with van der Waals surface area (Å²) in [5, 5.41) is 3.00. The number of ether oxygens (including phenoxy) is 1. The predicted molar refractivity (Wildman–Crippen MR) is 69.8 cm³/mol. The molecule has 1 aromatic carbocycles. The van der Waals surface area contributed by atoms with E-state index in [2.05, 4.69) is 16.0 Å². The SMILES string of the molecule is Clc1ccc2cc(N3CCOCC3)ncc2c1. The first-order valence-corrected chi connectivity index (χ1v) is 6.09. The van der Waals surface area contributed by atoms with Gasteiger partial charge in [-0.05, 0) is 23.6 Å². The molecule has 2 aromatic rings. The van der Waals surface area contributed by atoms with Crippen molar-refractivity contribution >= 4 is 28.2 Å². The zero-order valence-corrected chi connectivity index (χ0v) is 10.2. The Morgan fingerprint density at radius 2 is 1.94 bits per heavy atom. The molecule has 3 nitrogen and oxygen atoms in total. The number of hydrogen-bond acceptors (Lipinski definition) is 3. The van der Waals surface area contributed by atoms with Gasteiger partial charge >= 0.3 is 0 Å². The van der Waals surface area contributed by atoms with Crippen molar-refractivity contribution in [2.24, 2.45) is 0 Å². The van der Waals surface area contributed by atoms with Gasteiger partial charge in [-0.15, -0.1) is 0 Å². The van der Waals surface area contributed by atoms with E-state index in [1.54, 1.807) is 0 Å². The number of nitrogens with zero attached hydrogens (tertiary/aromatic N) is 2. The van der Waals surface area contributed by atoms with Gasteiger partial charge in [-0.3, -0.25) is 0 Å². The number of hydrogen-bond donors (Lipinski definition) is 0. The molecule has 0 spiro atoms. The summed E-state index contributed by atoms with van der Waals surface area (Å²) in [7, 11) is 0. The number of pyridine rings is 1. The Morgan fingerprint density at radius 3 is 2.76 bits per heavy atom. The van der Waals surface area contributed by atoms with Gasteiger partial charge in [0.15, 0.2) is 0 Å². The van der Waals surface area contributed by atoms with Crippen molar-refractivity contribution in [1.82, 2.24) is 4.98 Å². The van der Waals surface area contributed by atoms with E-state index in [1.165, 1.54) is 5.39 Å². The average Bonchev–Trinajstić information content (AvgIpc) is 2.39. The van der Waals surface area contributed by atoms with Crippen LogP contribution < -0.4 is 4.90 Å². The molecule has 88 valence electrons. The van der Waals surface area contributed by atoms with E-state index in [0.29, 0.717) is 0 Å². The minimum absolute atomic E-state index is 0.749. The van der Waals surface area contributed by atoms with Crippen LogP contribution in [0.2, 0.25) is 5.02 Å². The normalized spacial score (nSPS) is 16.4. The molecular weight excluding hydrogens is 236 g/mol. The third-order valence-electron chi connectivity index (χ3n) is 3.00. The van der Waals surface area contributed by atoms with Gasteiger partial charge in [-0.2, -0.15) is 0 Å². The van der Waals surface area contributed by atoms with Crippen molar-refractivity contribution in [3.8, 4) is 0 Å². The molecule has 3 rings (SSSR count). The number of morpholine rings is 1. The highest BCUT2D eigenvalue weighted by Crippen LogP contribution is 2.22. The fourth-order valence-electron chi connectivity index (χ4n) is 2.07. The van der Waals surface area contributed by atoms with Gasteiger partial charge in [-0.25, -0.2) is 4.98 Å². The lowest BCUT2D eigenvalue weighted by Gasteiger charge is -2.27. The van der Waals surface area contributed by atoms with Crippen LogP contribution >= 0.6 is 11.6 Å². The number of fused-ring (bicyclic) bond motifs is 1. The second-order valence-corrected chi connectivity index (χ2v) is 4.57. The summed E-state index contributed by atoms with van der Waals surface area (Å²) in [6.45, 7) is 3.37. The number of benzene rings is 1. The summed E-state index contributed by atoms with van der Waals surface area (Å²) in [5.74, 6) is 1.02. The van der Waals surface area contributed by atoms with Crippen LogP contribution in [0.5, 0.6) is 0 Å². The molecule has 2 heterocycles. The van der Waals surface area contributed by atoms with Crippen LogP contribution in [0.25, 0.3) is 10.8 Å². The zero-order valence-electron chi connectivity index (χ0n) is 9.40. The van der Waals surface area contributed by atoms with Gasteiger partial charge in [-0.1, -0.05) is 17.7 Å². The molecule has 1 aliphatic rings. The maximum atomic E-state index is 5.95. The van der Waals surface area contributed by atoms with Gasteiger partial charge in [0.1, 0.15) is 5.82 Å². The Balaban J connectivity index is 1.98. The van der Waals surface area contributed by atoms with E-state index in [1.807, 2.05) is 24.4 Å². The third kappa shape index (κ3) is 2.21. The lowest BCUT2D eigenvalue weighted by Crippen LogP contribution is -2.36. The van der Waals surface area contributed by atoms with E-state index >= 15 is 0 Å². The fraction of sp³-hybridized carbons (Fsp3) is 0.308. The highest BCUT2D eigenvalue weighted by Gasteiger charge is 2.12. The molecule has 1 aromatic heterocycles. The minimum Gasteiger partial charge on any atom is -0.378 e. The molecule has 1 aliphatic heterocycles. The first-order chi connectivity index (χ1) is 8.33. The van der Waals surface area contributed by atoms with Gasteiger partial charge in [0, 0.05) is 29.7 Å². The van der Waals surface area contributed by atoms with Crippen molar-refractivity contribution in [3.05, 3.63) is 35.5 Å². The molecule has 0 atom stereocenters. The summed E-state index contributed by atoms with van der Waals surface area (Å²) >= 11 is 5.95. The van der Waals surface area contributed by atoms with Crippen LogP contribution in [0, 0.1) is 0 Å². The highest BCUT2D eigenvalue weighted by molar-refractivity contribution is 6.31. The predicted octanol–water partition coefficient (Wildman–Crippen LogP) is 2.72. The van der Waals surface area contributed by atoms with E-state index in [0.717, 1.165) is 42.5 Å². The molecule has 0 amide bonds. The first kappa shape index (κ1) is 10.8. The largest absolute Gasteiger partial charge is 0.378 e. The molecule has 0 bridgehead atoms. The Morgan fingerprint density at radius 1 is 1.12 bits per heavy atom. The first-order valence-electron chi connectivity index (χ1n) is 5.71. The number of rotatable bonds is 1. The lowest BCUT2D eigenvalue weighted by atomic mass is 10.2. The van der Waals surface area contributed by atoms with E-state index < -0.39 is 0 Å². The van der Waals surface area contributed by atoms with E-state index in [-0.39, 0.29) is 0 Å². The fourth-order valence-corrected chi connectivity index (χ4v) is 2.25. The summed E-state index contributed by atoms with van der Waals surface area (Å²) in [6, 6.07) is 7.99. The van der Waals surface area contributed by atoms with Crippen LogP contribution in [0.1, 0.15) is 0 Å². The van der Waals surface area contributed by atoms with Gasteiger partial charge in [0.2, 0.25) is 0 Å². The van der Waals surface area contributed by atoms with Crippen LogP contribution in [0.4, 0.5) is 5.82 Å². The van der Waals surface area contributed by atoms with Gasteiger partial charge < -0.3 is 9.64 Å². The molecular formula is C13H13ClN2O. The minimum atomic E-state index is 0.749. The Bertz CT molecular complexity index is 538. The Hall–Kier alpha value is -1.32. The molecule has 1 fully saturated rings. The number of aromatic nitrogens is 1. The molecule has 17 heavy (non-hydrogen) atoms. The van der Waals surface area contributed by atoms with E-state index in [9.17, 15) is 0 Å². The molecule has 4 heteroatoms. The monoisotopic (exact) mass is 248 g/mol. The van der Waals surface area contributed by atoms with Gasteiger partial charge in [0.05, 0.1) is 13.2 Å². The van der Waals surface area contributed by atoms with Crippen LogP contribution in [-0.4, -0.2) is 31.3 Å². The van der Waals surface area contributed by atoms with Crippen molar-refractivity contribution in [1.29, 1.82) is 0 Å². The Labute approximate surface area is 105 Å². The van der Waals surface area contributed by atoms with Crippen LogP contribution in [0.3, 0.4) is 0 Å². The van der Waals surface area contributed by atoms with Gasteiger partial charge in [0.25, 0.3) is 0 Å². The summed E-state index contributed by atoms with van der Waals surface area (Å²) in [5.41, 5.74) is 0. The maximum Gasteiger partial charge on any atom is 0.129 e. The summed E-state index contributed by atoms with van der Waals surface area (Å²) in [4.78, 5) is 6.73. The van der Waals surface area contributed by atoms with Crippen molar-refractivity contribution < 1.29 is 4.74 Å². The summed E-state index contributed by atoms with van der Waals surface area (Å²) in [6.07, 6.45) is 1.88. The standard InChI is InChI=1S/C13H13ClN2O/c14-12-2-1-10-8-13(15-9-11(10)7-12)16-3-5-17-6-4-16/h1-2,7-9H,3-6H2. The maximum absolute atomic E-state index is 5.95. The molecule has 0 aliphatic carbocycles. The number of halogens is 1. The zero-order chi connectivity index (χ0) is 11.7. The molecule has 1 saturated heterocycles. The molecule has 0 saturated carbocycles. The van der Waals surface area contributed by atoms with Crippen LogP contribution in [0.15, 0.2) is 30.5 Å². The smallest absolute Gasteiger partial charge is 0.129 e. The second-order valence-electron chi connectivity index (χ2n) is 4.13. The van der Waals surface area contributed by atoms with Crippen molar-refractivity contribution in [2.75, 3.05) is 31.2 Å². The third-order valence-corrected chi connectivity index (χ3v) is 3.24. The Kier molecular flexibility index (Phi) is 2.87. The van der Waals surface area contributed by atoms with Crippen molar-refractivity contribution in [2.45, 2.75) is 0 Å². The quantitative estimate of drug-likeness (QED) is 0.776. The highest BCUT2D eigenvalue weighted by atomic mass is 35.5. The van der Waals surface area contributed by atoms with Crippen LogP contribution in [-0.2, 0) is 4.74 Å². The molecule has 0 N–H and O–H groups in total. The molecule has 0 unspecified atom stereocenters. The topological polar surface area (TPSA) is 25.4 Å².